The van der Waals surface area contributed by atoms with E-state index < -0.39 is 11.5 Å². The van der Waals surface area contributed by atoms with Crippen molar-refractivity contribution in [1.29, 1.82) is 0 Å². The summed E-state index contributed by atoms with van der Waals surface area (Å²) in [7, 11) is 0. The van der Waals surface area contributed by atoms with Crippen molar-refractivity contribution in [3.05, 3.63) is 65.7 Å². The summed E-state index contributed by atoms with van der Waals surface area (Å²) in [5.41, 5.74) is 0.542. The van der Waals surface area contributed by atoms with Gasteiger partial charge >= 0.3 is 5.97 Å². The minimum Gasteiger partial charge on any atom is -0.489 e. The van der Waals surface area contributed by atoms with Crippen molar-refractivity contribution in [3.8, 4) is 5.75 Å². The average Bonchev–Trinajstić information content (AvgIpc) is 2.68. The van der Waals surface area contributed by atoms with E-state index in [-0.39, 0.29) is 5.97 Å². The molecule has 0 saturated carbocycles. The van der Waals surface area contributed by atoms with Gasteiger partial charge in [0.25, 0.3) is 0 Å². The van der Waals surface area contributed by atoms with Gasteiger partial charge < -0.3 is 14.6 Å². The van der Waals surface area contributed by atoms with E-state index in [1.54, 1.807) is 6.92 Å². The molecular weight excluding hydrogens is 328 g/mol. The molecule has 0 aromatic heterocycles. The molecule has 2 atom stereocenters. The Hall–Kier alpha value is -2.33. The van der Waals surface area contributed by atoms with Crippen LogP contribution in [0.5, 0.6) is 5.75 Å². The number of ether oxygens (including phenoxy) is 2. The quantitative estimate of drug-likeness (QED) is 0.674. The molecule has 0 aliphatic rings. The molecule has 0 aliphatic heterocycles. The average molecular weight is 356 g/mol. The van der Waals surface area contributed by atoms with Crippen molar-refractivity contribution in [2.75, 3.05) is 6.61 Å². The number of rotatable bonds is 9. The molecule has 1 N–H and O–H groups in total. The molecule has 0 spiro atoms. The van der Waals surface area contributed by atoms with Crippen LogP contribution in [0.2, 0.25) is 0 Å². The highest BCUT2D eigenvalue weighted by Gasteiger charge is 2.41. The molecule has 140 valence electrons. The maximum Gasteiger partial charge on any atom is 0.312 e. The standard InChI is InChI=1S/C22H28O4/c1-4-20(21(23)25-6-3)22(24,5-2)18-12-14-19(15-13-18)26-16-17-10-8-7-9-11-17/h7-15,20,24H,4-6,16H2,1-3H3. The third-order valence-electron chi connectivity index (χ3n) is 4.70. The van der Waals surface area contributed by atoms with E-state index in [4.69, 9.17) is 9.47 Å². The number of esters is 1. The predicted molar refractivity (Wildman–Crippen MR) is 102 cm³/mol. The van der Waals surface area contributed by atoms with E-state index in [2.05, 4.69) is 0 Å². The molecule has 2 unspecified atom stereocenters. The Labute approximate surface area is 155 Å². The zero-order valence-corrected chi connectivity index (χ0v) is 15.8. The van der Waals surface area contributed by atoms with Crippen LogP contribution in [-0.2, 0) is 21.7 Å². The fraction of sp³-hybridized carbons (Fsp3) is 0.409. The van der Waals surface area contributed by atoms with Gasteiger partial charge in [-0.2, -0.15) is 0 Å². The Morgan fingerprint density at radius 1 is 1.04 bits per heavy atom. The number of carbonyl (C=O) groups is 1. The number of hydrogen-bond acceptors (Lipinski definition) is 4. The van der Waals surface area contributed by atoms with Crippen LogP contribution in [0, 0.1) is 5.92 Å². The molecule has 2 aromatic rings. The van der Waals surface area contributed by atoms with Gasteiger partial charge in [-0.05, 0) is 43.0 Å². The topological polar surface area (TPSA) is 55.8 Å². The van der Waals surface area contributed by atoms with Gasteiger partial charge in [-0.1, -0.05) is 56.3 Å². The first kappa shape index (κ1) is 20.0. The molecule has 4 nitrogen and oxygen atoms in total. The van der Waals surface area contributed by atoms with Gasteiger partial charge in [-0.15, -0.1) is 0 Å². The molecule has 2 rings (SSSR count). The Kier molecular flexibility index (Phi) is 7.22. The summed E-state index contributed by atoms with van der Waals surface area (Å²) in [5, 5.41) is 11.2. The van der Waals surface area contributed by atoms with Crippen LogP contribution in [-0.4, -0.2) is 17.7 Å². The molecule has 0 bridgehead atoms. The highest BCUT2D eigenvalue weighted by atomic mass is 16.5. The van der Waals surface area contributed by atoms with Crippen molar-refractivity contribution in [2.45, 2.75) is 45.8 Å². The van der Waals surface area contributed by atoms with Crippen molar-refractivity contribution >= 4 is 5.97 Å². The van der Waals surface area contributed by atoms with Crippen molar-refractivity contribution in [3.63, 3.8) is 0 Å². The first-order valence-electron chi connectivity index (χ1n) is 9.21. The molecule has 4 heteroatoms. The van der Waals surface area contributed by atoms with Gasteiger partial charge in [0.15, 0.2) is 0 Å². The fourth-order valence-corrected chi connectivity index (χ4v) is 3.17. The third-order valence-corrected chi connectivity index (χ3v) is 4.70. The lowest BCUT2D eigenvalue weighted by molar-refractivity contribution is -0.160. The molecule has 0 aliphatic carbocycles. The van der Waals surface area contributed by atoms with Crippen LogP contribution >= 0.6 is 0 Å². The van der Waals surface area contributed by atoms with E-state index >= 15 is 0 Å². The molecule has 26 heavy (non-hydrogen) atoms. The lowest BCUT2D eigenvalue weighted by Gasteiger charge is -2.34. The first-order chi connectivity index (χ1) is 12.5. The molecule has 0 saturated heterocycles. The zero-order valence-electron chi connectivity index (χ0n) is 15.8. The lowest BCUT2D eigenvalue weighted by Crippen LogP contribution is -2.40. The van der Waals surface area contributed by atoms with Crippen LogP contribution in [0.15, 0.2) is 54.6 Å². The molecule has 0 radical (unpaired) electrons. The van der Waals surface area contributed by atoms with Crippen LogP contribution in [0.3, 0.4) is 0 Å². The van der Waals surface area contributed by atoms with E-state index in [1.807, 2.05) is 68.4 Å². The van der Waals surface area contributed by atoms with Gasteiger partial charge in [0, 0.05) is 0 Å². The van der Waals surface area contributed by atoms with Gasteiger partial charge in [0.2, 0.25) is 0 Å². The Morgan fingerprint density at radius 3 is 2.23 bits per heavy atom. The van der Waals surface area contributed by atoms with Crippen molar-refractivity contribution in [2.24, 2.45) is 5.92 Å². The molecule has 0 heterocycles. The normalized spacial score (nSPS) is 14.3. The van der Waals surface area contributed by atoms with Gasteiger partial charge in [0.05, 0.1) is 12.5 Å². The second-order valence-electron chi connectivity index (χ2n) is 6.29. The van der Waals surface area contributed by atoms with Crippen molar-refractivity contribution < 1.29 is 19.4 Å². The zero-order chi connectivity index (χ0) is 19.0. The smallest absolute Gasteiger partial charge is 0.312 e. The van der Waals surface area contributed by atoms with E-state index in [0.717, 1.165) is 11.3 Å². The second-order valence-corrected chi connectivity index (χ2v) is 6.29. The Morgan fingerprint density at radius 2 is 1.69 bits per heavy atom. The summed E-state index contributed by atoms with van der Waals surface area (Å²) in [5.74, 6) is -0.229. The summed E-state index contributed by atoms with van der Waals surface area (Å²) in [6.07, 6.45) is 0.934. The second kappa shape index (κ2) is 9.39. The summed E-state index contributed by atoms with van der Waals surface area (Å²) in [6, 6.07) is 17.3. The minimum atomic E-state index is -1.25. The minimum absolute atomic E-state index is 0.307. The van der Waals surface area contributed by atoms with E-state index in [1.165, 1.54) is 0 Å². The summed E-state index contributed by atoms with van der Waals surface area (Å²) >= 11 is 0. The SMILES string of the molecule is CCOC(=O)C(CC)C(O)(CC)c1ccc(OCc2ccccc2)cc1. The molecule has 0 amide bonds. The highest BCUT2D eigenvalue weighted by molar-refractivity contribution is 5.74. The van der Waals surface area contributed by atoms with E-state index in [0.29, 0.717) is 31.6 Å². The first-order valence-corrected chi connectivity index (χ1v) is 9.21. The largest absolute Gasteiger partial charge is 0.489 e. The number of aliphatic hydroxyl groups is 1. The molecule has 0 fully saturated rings. The number of hydrogen-bond donors (Lipinski definition) is 1. The number of benzene rings is 2. The summed E-state index contributed by atoms with van der Waals surface area (Å²) in [6.45, 7) is 6.33. The molecular formula is C22H28O4. The third kappa shape index (κ3) is 4.64. The van der Waals surface area contributed by atoms with Gasteiger partial charge in [0.1, 0.15) is 18.0 Å². The monoisotopic (exact) mass is 356 g/mol. The Balaban J connectivity index is 2.14. The summed E-state index contributed by atoms with van der Waals surface area (Å²) < 4.78 is 10.9. The molecule has 2 aromatic carbocycles. The maximum atomic E-state index is 12.3. The van der Waals surface area contributed by atoms with Gasteiger partial charge in [-0.3, -0.25) is 4.79 Å². The number of carbonyl (C=O) groups excluding carboxylic acids is 1. The van der Waals surface area contributed by atoms with Crippen LogP contribution in [0.25, 0.3) is 0 Å². The predicted octanol–water partition coefficient (Wildman–Crippen LogP) is 4.45. The Bertz CT molecular complexity index is 681. The highest BCUT2D eigenvalue weighted by Crippen LogP contribution is 2.36. The van der Waals surface area contributed by atoms with Crippen LogP contribution < -0.4 is 4.74 Å². The van der Waals surface area contributed by atoms with Crippen LogP contribution in [0.1, 0.15) is 44.7 Å². The summed E-state index contributed by atoms with van der Waals surface area (Å²) in [4.78, 5) is 12.3. The lowest BCUT2D eigenvalue weighted by atomic mass is 9.78. The van der Waals surface area contributed by atoms with Crippen LogP contribution in [0.4, 0.5) is 0 Å². The van der Waals surface area contributed by atoms with Gasteiger partial charge in [-0.25, -0.2) is 0 Å². The van der Waals surface area contributed by atoms with Crippen molar-refractivity contribution in [1.82, 2.24) is 0 Å². The maximum absolute atomic E-state index is 12.3. The fourth-order valence-electron chi connectivity index (χ4n) is 3.17. The van der Waals surface area contributed by atoms with E-state index in [9.17, 15) is 9.90 Å².